The maximum atomic E-state index is 9.09. The fraction of sp³-hybridized carbons (Fsp3) is 1.00. The molecular formula is C16H34N2O. The first-order valence-corrected chi connectivity index (χ1v) is 8.21. The van der Waals surface area contributed by atoms with Crippen molar-refractivity contribution in [1.82, 2.24) is 10.2 Å². The van der Waals surface area contributed by atoms with Crippen LogP contribution in [-0.4, -0.2) is 48.8 Å². The minimum Gasteiger partial charge on any atom is -0.396 e. The van der Waals surface area contributed by atoms with Gasteiger partial charge in [-0.15, -0.1) is 0 Å². The van der Waals surface area contributed by atoms with Crippen molar-refractivity contribution in [2.75, 3.05) is 32.8 Å². The van der Waals surface area contributed by atoms with Crippen LogP contribution in [0.4, 0.5) is 0 Å². The van der Waals surface area contributed by atoms with Crippen LogP contribution in [0.25, 0.3) is 0 Å². The van der Waals surface area contributed by atoms with Crippen LogP contribution in [0.3, 0.4) is 0 Å². The molecule has 1 atom stereocenters. The molecule has 3 nitrogen and oxygen atoms in total. The van der Waals surface area contributed by atoms with Gasteiger partial charge in [0, 0.05) is 32.3 Å². The topological polar surface area (TPSA) is 35.5 Å². The second-order valence-corrected chi connectivity index (χ2v) is 6.47. The number of nitrogens with one attached hydrogen (secondary N) is 1. The molecule has 0 aromatic rings. The van der Waals surface area contributed by atoms with Gasteiger partial charge < -0.3 is 10.4 Å². The predicted octanol–water partition coefficient (Wildman–Crippen LogP) is 2.64. The number of hydrogen-bond donors (Lipinski definition) is 2. The highest BCUT2D eigenvalue weighted by atomic mass is 16.3. The summed E-state index contributed by atoms with van der Waals surface area (Å²) in [5, 5.41) is 12.6. The average Bonchev–Trinajstić information content (AvgIpc) is 2.31. The first-order chi connectivity index (χ1) is 9.15. The van der Waals surface area contributed by atoms with Crippen LogP contribution >= 0.6 is 0 Å². The number of aliphatic hydroxyl groups is 1. The summed E-state index contributed by atoms with van der Waals surface area (Å²) in [6, 6.07) is 0.782. The fourth-order valence-electron chi connectivity index (χ4n) is 3.16. The predicted molar refractivity (Wildman–Crippen MR) is 82.5 cm³/mol. The third-order valence-electron chi connectivity index (χ3n) is 4.43. The van der Waals surface area contributed by atoms with Crippen molar-refractivity contribution in [2.24, 2.45) is 5.41 Å². The molecule has 0 aromatic carbocycles. The van der Waals surface area contributed by atoms with Crippen molar-refractivity contribution in [3.63, 3.8) is 0 Å². The summed E-state index contributed by atoms with van der Waals surface area (Å²) in [6.07, 6.45) is 7.55. The van der Waals surface area contributed by atoms with Crippen molar-refractivity contribution in [1.29, 1.82) is 0 Å². The fourth-order valence-corrected chi connectivity index (χ4v) is 3.16. The largest absolute Gasteiger partial charge is 0.396 e. The Labute approximate surface area is 119 Å². The molecule has 3 heteroatoms. The summed E-state index contributed by atoms with van der Waals surface area (Å²) >= 11 is 0. The van der Waals surface area contributed by atoms with E-state index in [-0.39, 0.29) is 0 Å². The van der Waals surface area contributed by atoms with Crippen molar-refractivity contribution in [3.05, 3.63) is 0 Å². The van der Waals surface area contributed by atoms with E-state index >= 15 is 0 Å². The molecule has 1 fully saturated rings. The molecule has 114 valence electrons. The molecule has 0 radical (unpaired) electrons. The average molecular weight is 270 g/mol. The molecule has 1 rings (SSSR count). The molecule has 0 spiro atoms. The zero-order valence-electron chi connectivity index (χ0n) is 13.2. The van der Waals surface area contributed by atoms with E-state index in [0.29, 0.717) is 12.0 Å². The highest BCUT2D eigenvalue weighted by Gasteiger charge is 2.31. The first-order valence-electron chi connectivity index (χ1n) is 8.21. The minimum absolute atomic E-state index is 0.320. The monoisotopic (exact) mass is 270 g/mol. The Balaban J connectivity index is 2.54. The second-order valence-electron chi connectivity index (χ2n) is 6.47. The zero-order chi connectivity index (χ0) is 14.1. The highest BCUT2D eigenvalue weighted by Crippen LogP contribution is 2.30. The first kappa shape index (κ1) is 16.9. The van der Waals surface area contributed by atoms with E-state index in [0.717, 1.165) is 32.1 Å². The van der Waals surface area contributed by atoms with Gasteiger partial charge in [-0.25, -0.2) is 0 Å². The van der Waals surface area contributed by atoms with Crippen LogP contribution < -0.4 is 5.32 Å². The molecule has 0 amide bonds. The molecular weight excluding hydrogens is 236 g/mol. The lowest BCUT2D eigenvalue weighted by atomic mass is 9.82. The number of rotatable bonds is 11. The second kappa shape index (κ2) is 8.93. The molecule has 0 aliphatic heterocycles. The van der Waals surface area contributed by atoms with E-state index in [2.05, 4.69) is 31.0 Å². The lowest BCUT2D eigenvalue weighted by Crippen LogP contribution is -2.49. The van der Waals surface area contributed by atoms with Gasteiger partial charge in [0.1, 0.15) is 0 Å². The number of nitrogens with zero attached hydrogens (tertiary/aromatic N) is 1. The lowest BCUT2D eigenvalue weighted by Gasteiger charge is -2.43. The van der Waals surface area contributed by atoms with Crippen LogP contribution in [0.2, 0.25) is 0 Å². The van der Waals surface area contributed by atoms with Gasteiger partial charge in [-0.05, 0) is 37.6 Å². The van der Waals surface area contributed by atoms with Gasteiger partial charge in [0.25, 0.3) is 0 Å². The van der Waals surface area contributed by atoms with Gasteiger partial charge in [0.05, 0.1) is 0 Å². The van der Waals surface area contributed by atoms with E-state index in [1.54, 1.807) is 0 Å². The van der Waals surface area contributed by atoms with Crippen LogP contribution in [0, 0.1) is 5.41 Å². The number of hydrogen-bond acceptors (Lipinski definition) is 3. The van der Waals surface area contributed by atoms with E-state index in [4.69, 9.17) is 5.11 Å². The Bertz CT molecular complexity index is 231. The molecule has 0 aromatic heterocycles. The Morgan fingerprint density at radius 3 is 2.53 bits per heavy atom. The van der Waals surface area contributed by atoms with Gasteiger partial charge in [0.15, 0.2) is 0 Å². The van der Waals surface area contributed by atoms with Crippen LogP contribution in [0.1, 0.15) is 59.3 Å². The highest BCUT2D eigenvalue weighted by molar-refractivity contribution is 4.87. The Kier molecular flexibility index (Phi) is 7.96. The van der Waals surface area contributed by atoms with Gasteiger partial charge >= 0.3 is 0 Å². The summed E-state index contributed by atoms with van der Waals surface area (Å²) in [7, 11) is 0. The summed E-state index contributed by atoms with van der Waals surface area (Å²) in [5.41, 5.74) is 0.371. The van der Waals surface area contributed by atoms with Crippen LogP contribution in [0.15, 0.2) is 0 Å². The van der Waals surface area contributed by atoms with Gasteiger partial charge in [-0.2, -0.15) is 0 Å². The molecule has 2 N–H and O–H groups in total. The lowest BCUT2D eigenvalue weighted by molar-refractivity contribution is 0.0644. The van der Waals surface area contributed by atoms with Crippen molar-refractivity contribution >= 4 is 0 Å². The van der Waals surface area contributed by atoms with Crippen LogP contribution in [-0.2, 0) is 0 Å². The maximum absolute atomic E-state index is 9.09. The Hall–Kier alpha value is -0.120. The van der Waals surface area contributed by atoms with Gasteiger partial charge in [-0.1, -0.05) is 33.6 Å². The molecule has 1 saturated carbocycles. The third-order valence-corrected chi connectivity index (χ3v) is 4.43. The molecule has 1 aliphatic carbocycles. The normalized spacial score (nSPS) is 19.4. The minimum atomic E-state index is 0.320. The summed E-state index contributed by atoms with van der Waals surface area (Å²) in [6.45, 7) is 11.6. The maximum Gasteiger partial charge on any atom is 0.0443 e. The van der Waals surface area contributed by atoms with Crippen molar-refractivity contribution in [2.45, 2.75) is 65.3 Å². The van der Waals surface area contributed by atoms with E-state index in [9.17, 15) is 0 Å². The molecule has 0 saturated heterocycles. The van der Waals surface area contributed by atoms with Crippen molar-refractivity contribution < 1.29 is 5.11 Å². The summed E-state index contributed by atoms with van der Waals surface area (Å²) < 4.78 is 0. The molecule has 1 unspecified atom stereocenters. The summed E-state index contributed by atoms with van der Waals surface area (Å²) in [5.74, 6) is 0. The molecule has 0 heterocycles. The SMILES string of the molecule is CCCC(C)(CNCC)CN(CCCO)C1CCC1. The van der Waals surface area contributed by atoms with Crippen molar-refractivity contribution in [3.8, 4) is 0 Å². The molecule has 19 heavy (non-hydrogen) atoms. The van der Waals surface area contributed by atoms with Gasteiger partial charge in [0.2, 0.25) is 0 Å². The van der Waals surface area contributed by atoms with E-state index in [1.807, 2.05) is 0 Å². The standard InChI is InChI=1S/C16H34N2O/c1-4-10-16(3,13-17-5-2)14-18(11-7-12-19)15-8-6-9-15/h15,17,19H,4-14H2,1-3H3. The number of aliphatic hydroxyl groups excluding tert-OH is 1. The van der Waals surface area contributed by atoms with E-state index < -0.39 is 0 Å². The Morgan fingerprint density at radius 2 is 2.05 bits per heavy atom. The zero-order valence-corrected chi connectivity index (χ0v) is 13.2. The smallest absolute Gasteiger partial charge is 0.0443 e. The summed E-state index contributed by atoms with van der Waals surface area (Å²) in [4.78, 5) is 2.65. The van der Waals surface area contributed by atoms with E-state index in [1.165, 1.54) is 38.6 Å². The Morgan fingerprint density at radius 1 is 1.32 bits per heavy atom. The quantitative estimate of drug-likeness (QED) is 0.606. The van der Waals surface area contributed by atoms with Crippen LogP contribution in [0.5, 0.6) is 0 Å². The van der Waals surface area contributed by atoms with Gasteiger partial charge in [-0.3, -0.25) is 4.90 Å². The molecule has 0 bridgehead atoms. The molecule has 1 aliphatic rings. The third kappa shape index (κ3) is 5.80.